The highest BCUT2D eigenvalue weighted by molar-refractivity contribution is 6.10. The lowest BCUT2D eigenvalue weighted by Crippen LogP contribution is -2.28. The second-order valence-electron chi connectivity index (χ2n) is 18.7. The zero-order chi connectivity index (χ0) is 55.1. The molecule has 348 valence electrons. The van der Waals surface area contributed by atoms with Gasteiger partial charge in [0.25, 0.3) is 0 Å². The van der Waals surface area contributed by atoms with Crippen LogP contribution in [0.15, 0.2) is 297 Å². The van der Waals surface area contributed by atoms with E-state index in [4.69, 9.17) is 4.11 Å². The van der Waals surface area contributed by atoms with Crippen LogP contribution in [0.25, 0.3) is 60.5 Å². The Bertz CT molecular complexity index is 4560. The van der Waals surface area contributed by atoms with Gasteiger partial charge in [0.2, 0.25) is 0 Å². The number of para-hydroxylation sites is 5. The van der Waals surface area contributed by atoms with Crippen LogP contribution in [0.1, 0.15) is 31.8 Å². The van der Waals surface area contributed by atoms with Crippen molar-refractivity contribution in [3.63, 3.8) is 0 Å². The second-order valence-corrected chi connectivity index (χ2v) is 18.7. The Morgan fingerprint density at radius 1 is 0.338 bits per heavy atom. The van der Waals surface area contributed by atoms with E-state index in [0.717, 1.165) is 101 Å². The van der Waals surface area contributed by atoms with E-state index in [9.17, 15) is 5.48 Å². The quantitative estimate of drug-likeness (QED) is 0.135. The van der Waals surface area contributed by atoms with Crippen LogP contribution < -0.4 is 9.80 Å². The Morgan fingerprint density at radius 3 is 1.41 bits per heavy atom. The maximum Gasteiger partial charge on any atom is 0.0714 e. The van der Waals surface area contributed by atoms with Crippen LogP contribution in [-0.4, -0.2) is 4.57 Å². The molecule has 0 saturated carbocycles. The van der Waals surface area contributed by atoms with Crippen LogP contribution in [0.3, 0.4) is 0 Å². The van der Waals surface area contributed by atoms with Gasteiger partial charge in [0.1, 0.15) is 0 Å². The van der Waals surface area contributed by atoms with Crippen molar-refractivity contribution >= 4 is 66.7 Å². The van der Waals surface area contributed by atoms with Crippen molar-refractivity contribution in [2.45, 2.75) is 5.41 Å². The van der Waals surface area contributed by atoms with Gasteiger partial charge < -0.3 is 14.4 Å². The van der Waals surface area contributed by atoms with Crippen molar-refractivity contribution in [1.29, 1.82) is 0 Å². The molecule has 1 aliphatic rings. The molecule has 0 saturated heterocycles. The number of rotatable bonds is 10. The molecule has 1 unspecified atom stereocenters. The van der Waals surface area contributed by atoms with Crippen molar-refractivity contribution < 1.29 is 9.60 Å². The Balaban J connectivity index is 1.12. The maximum absolute atomic E-state index is 10.5. The number of hydrogen-bond donors (Lipinski definition) is 0. The largest absolute Gasteiger partial charge is 0.310 e. The predicted octanol–water partition coefficient (Wildman–Crippen LogP) is 18.9. The molecular weight excluding hydrogens is 895 g/mol. The highest BCUT2D eigenvalue weighted by Gasteiger charge is 2.47. The van der Waals surface area contributed by atoms with Gasteiger partial charge in [-0.2, -0.15) is 0 Å². The summed E-state index contributed by atoms with van der Waals surface area (Å²) < 4.78 is 69.0. The van der Waals surface area contributed by atoms with Crippen LogP contribution in [-0.2, 0) is 5.41 Å². The fourth-order valence-electron chi connectivity index (χ4n) is 11.4. The minimum Gasteiger partial charge on any atom is -0.310 e. The predicted molar refractivity (Wildman–Crippen MR) is 310 cm³/mol. The van der Waals surface area contributed by atoms with Crippen molar-refractivity contribution in [1.82, 2.24) is 4.57 Å². The summed E-state index contributed by atoms with van der Waals surface area (Å²) in [5.41, 5.74) is 13.2. The highest BCUT2D eigenvalue weighted by Crippen LogP contribution is 2.59. The SMILES string of the molecule is [2H]c1c([2H])c([2H])c2c([2H])c(C3(c4ccc5c(c4)c4ccccc4n5-c4ccccc4)c4ccc(N(c5ccccc5)c5ccccc5)cc4-c4cc(N(c5ccccc5)c5ccc(-c6ccccc6)cc5)ccc43)c([2H])c([2H])c2c1[2H]. The molecule has 1 aromatic heterocycles. The van der Waals surface area contributed by atoms with Gasteiger partial charge in [-0.3, -0.25) is 0 Å². The summed E-state index contributed by atoms with van der Waals surface area (Å²) in [6, 6.07) is 84.6. The van der Waals surface area contributed by atoms with E-state index in [1.807, 2.05) is 103 Å². The first kappa shape index (κ1) is 36.3. The molecule has 1 aliphatic carbocycles. The van der Waals surface area contributed by atoms with Gasteiger partial charge in [0.05, 0.1) is 26.0 Å². The van der Waals surface area contributed by atoms with E-state index in [0.29, 0.717) is 0 Å². The fraction of sp³-hybridized carbons (Fsp3) is 0.0141. The molecular formula is C71H49N3. The van der Waals surface area contributed by atoms with E-state index in [-0.39, 0.29) is 34.5 Å². The molecule has 1 atom stereocenters. The lowest BCUT2D eigenvalue weighted by atomic mass is 9.67. The molecule has 0 N–H and O–H groups in total. The van der Waals surface area contributed by atoms with Gasteiger partial charge in [0, 0.05) is 50.6 Å². The normalized spacial score (nSPS) is 15.1. The topological polar surface area (TPSA) is 11.4 Å². The van der Waals surface area contributed by atoms with E-state index in [1.165, 1.54) is 0 Å². The average molecular weight is 951 g/mol. The van der Waals surface area contributed by atoms with Crippen LogP contribution >= 0.6 is 0 Å². The van der Waals surface area contributed by atoms with Gasteiger partial charge >= 0.3 is 0 Å². The lowest BCUT2D eigenvalue weighted by molar-refractivity contribution is 0.771. The van der Waals surface area contributed by atoms with Crippen LogP contribution in [0.2, 0.25) is 0 Å². The summed E-state index contributed by atoms with van der Waals surface area (Å²) in [6.07, 6.45) is 0. The van der Waals surface area contributed by atoms with Crippen molar-refractivity contribution in [3.05, 3.63) is 319 Å². The third-order valence-corrected chi connectivity index (χ3v) is 14.6. The molecule has 74 heavy (non-hydrogen) atoms. The molecule has 0 fully saturated rings. The van der Waals surface area contributed by atoms with Crippen LogP contribution in [0, 0.1) is 0 Å². The molecule has 0 radical (unpaired) electrons. The molecule has 0 amide bonds. The smallest absolute Gasteiger partial charge is 0.0714 e. The molecule has 1 heterocycles. The zero-order valence-corrected chi connectivity index (χ0v) is 40.1. The van der Waals surface area contributed by atoms with Crippen LogP contribution in [0.5, 0.6) is 0 Å². The monoisotopic (exact) mass is 950 g/mol. The average Bonchev–Trinajstić information content (AvgIpc) is 4.25. The van der Waals surface area contributed by atoms with Gasteiger partial charge in [-0.1, -0.05) is 188 Å². The minimum absolute atomic E-state index is 0.102. The molecule has 0 bridgehead atoms. The Morgan fingerprint density at radius 2 is 0.811 bits per heavy atom. The number of anilines is 6. The van der Waals surface area contributed by atoms with Crippen LogP contribution in [0.4, 0.5) is 34.1 Å². The first-order valence-electron chi connectivity index (χ1n) is 28.4. The van der Waals surface area contributed by atoms with E-state index in [1.54, 1.807) is 0 Å². The van der Waals surface area contributed by atoms with Gasteiger partial charge in [0.15, 0.2) is 0 Å². The third kappa shape index (κ3) is 7.04. The van der Waals surface area contributed by atoms with Crippen molar-refractivity contribution in [3.8, 4) is 27.9 Å². The standard InChI is InChI=1S/C71H49N3/c1-6-20-50(21-7-1)52-35-39-60(40-36-52)73(58-28-12-4-13-29-58)62-42-44-68-65(49-62)64-48-61(72(56-24-8-2-9-25-56)57-26-10-3-11-27-57)41-43-67(64)71(68,54-37-34-51-22-16-17-23-53(51)46-54)55-38-45-70-66(47-55)63-32-18-19-33-69(63)74(70)59-30-14-5-15-31-59/h1-49H/i16D,17D,22D,23D,34D,37D,46D. The summed E-state index contributed by atoms with van der Waals surface area (Å²) in [4.78, 5) is 4.46. The first-order valence-corrected chi connectivity index (χ1v) is 24.9. The highest BCUT2D eigenvalue weighted by atomic mass is 15.1. The molecule has 13 aromatic rings. The number of aromatic nitrogens is 1. The molecule has 12 aromatic carbocycles. The van der Waals surface area contributed by atoms with E-state index < -0.39 is 29.6 Å². The lowest BCUT2D eigenvalue weighted by Gasteiger charge is -2.35. The van der Waals surface area contributed by atoms with E-state index >= 15 is 0 Å². The van der Waals surface area contributed by atoms with Crippen molar-refractivity contribution in [2.75, 3.05) is 9.80 Å². The first-order chi connectivity index (χ1) is 39.6. The summed E-state index contributed by atoms with van der Waals surface area (Å²) in [5.74, 6) is 0. The fourth-order valence-corrected chi connectivity index (χ4v) is 11.4. The molecule has 0 aliphatic heterocycles. The molecule has 3 heteroatoms. The minimum atomic E-state index is -1.51. The Labute approximate surface area is 441 Å². The summed E-state index contributed by atoms with van der Waals surface area (Å²) in [7, 11) is 0. The number of hydrogen-bond acceptors (Lipinski definition) is 2. The summed E-state index contributed by atoms with van der Waals surface area (Å²) >= 11 is 0. The number of benzene rings is 12. The Kier molecular flexibility index (Phi) is 8.75. The molecule has 3 nitrogen and oxygen atoms in total. The van der Waals surface area contributed by atoms with Gasteiger partial charge in [-0.25, -0.2) is 0 Å². The molecule has 0 spiro atoms. The summed E-state index contributed by atoms with van der Waals surface area (Å²) in [6.45, 7) is 0. The van der Waals surface area contributed by atoms with Gasteiger partial charge in [-0.05, 0) is 164 Å². The second kappa shape index (κ2) is 17.9. The number of fused-ring (bicyclic) bond motifs is 7. The van der Waals surface area contributed by atoms with Crippen molar-refractivity contribution in [2.24, 2.45) is 0 Å². The third-order valence-electron chi connectivity index (χ3n) is 14.6. The maximum atomic E-state index is 10.5. The Hall–Kier alpha value is -9.70. The molecule has 14 rings (SSSR count). The van der Waals surface area contributed by atoms with Gasteiger partial charge in [-0.15, -0.1) is 0 Å². The summed E-state index contributed by atoms with van der Waals surface area (Å²) in [5, 5.41) is 1.69. The zero-order valence-electron chi connectivity index (χ0n) is 47.1. The number of nitrogens with zero attached hydrogens (tertiary/aromatic N) is 3. The van der Waals surface area contributed by atoms with E-state index in [2.05, 4.69) is 166 Å².